The zero-order valence-electron chi connectivity index (χ0n) is 15.3. The molecule has 0 aromatic heterocycles. The number of sulfonamides is 1. The summed E-state index contributed by atoms with van der Waals surface area (Å²) in [5, 5.41) is 2.67. The number of anilines is 1. The van der Waals surface area contributed by atoms with Crippen LogP contribution in [0.3, 0.4) is 0 Å². The van der Waals surface area contributed by atoms with Crippen LogP contribution < -0.4 is 19.1 Å². The van der Waals surface area contributed by atoms with E-state index in [2.05, 4.69) is 5.32 Å². The van der Waals surface area contributed by atoms with Gasteiger partial charge in [0.15, 0.2) is 16.4 Å². The van der Waals surface area contributed by atoms with E-state index in [1.54, 1.807) is 39.8 Å². The first kappa shape index (κ1) is 19.1. The van der Waals surface area contributed by atoms with Crippen LogP contribution >= 0.6 is 0 Å². The highest BCUT2D eigenvalue weighted by Crippen LogP contribution is 2.44. The van der Waals surface area contributed by atoms with Gasteiger partial charge in [0, 0.05) is 24.2 Å². The van der Waals surface area contributed by atoms with Crippen LogP contribution in [0.1, 0.15) is 33.3 Å². The van der Waals surface area contributed by atoms with Crippen LogP contribution in [0, 0.1) is 0 Å². The number of ether oxygens (including phenoxy) is 2. The SMILES string of the molecule is CCN1c2cc(OC)c(OC)cc2C(C)=C(C(=O)NC(C)C)S1(=O)=O. The van der Waals surface area contributed by atoms with E-state index < -0.39 is 15.9 Å². The number of nitrogens with zero attached hydrogens (tertiary/aromatic N) is 1. The van der Waals surface area contributed by atoms with Gasteiger partial charge in [-0.2, -0.15) is 0 Å². The van der Waals surface area contributed by atoms with E-state index >= 15 is 0 Å². The normalized spacial score (nSPS) is 15.9. The largest absolute Gasteiger partial charge is 0.493 e. The Bertz CT molecular complexity index is 828. The molecule has 0 spiro atoms. The maximum absolute atomic E-state index is 13.0. The van der Waals surface area contributed by atoms with Crippen LogP contribution in [0.5, 0.6) is 11.5 Å². The second kappa shape index (κ2) is 6.95. The lowest BCUT2D eigenvalue weighted by molar-refractivity contribution is -0.117. The lowest BCUT2D eigenvalue weighted by Gasteiger charge is -2.32. The zero-order chi connectivity index (χ0) is 18.9. The van der Waals surface area contributed by atoms with Crippen LogP contribution in [-0.2, 0) is 14.8 Å². The molecule has 7 nitrogen and oxygen atoms in total. The minimum atomic E-state index is -3.96. The number of fused-ring (bicyclic) bond motifs is 1. The average molecular weight is 368 g/mol. The van der Waals surface area contributed by atoms with Gasteiger partial charge in [0.1, 0.15) is 0 Å². The van der Waals surface area contributed by atoms with Crippen molar-refractivity contribution in [2.45, 2.75) is 33.7 Å². The first-order chi connectivity index (χ1) is 11.7. The molecule has 0 unspecified atom stereocenters. The van der Waals surface area contributed by atoms with Crippen molar-refractivity contribution >= 4 is 27.2 Å². The van der Waals surface area contributed by atoms with Crippen LogP contribution in [0.15, 0.2) is 17.0 Å². The smallest absolute Gasteiger partial charge is 0.270 e. The fraction of sp³-hybridized carbons (Fsp3) is 0.471. The van der Waals surface area contributed by atoms with E-state index in [1.165, 1.54) is 18.5 Å². The Labute approximate surface area is 148 Å². The quantitative estimate of drug-likeness (QED) is 0.861. The molecule has 1 N–H and O–H groups in total. The van der Waals surface area contributed by atoms with Crippen molar-refractivity contribution in [3.05, 3.63) is 22.6 Å². The molecule has 0 saturated heterocycles. The van der Waals surface area contributed by atoms with Gasteiger partial charge >= 0.3 is 0 Å². The summed E-state index contributed by atoms with van der Waals surface area (Å²) >= 11 is 0. The van der Waals surface area contributed by atoms with E-state index in [-0.39, 0.29) is 17.5 Å². The molecule has 0 atom stereocenters. The number of nitrogens with one attached hydrogen (secondary N) is 1. The summed E-state index contributed by atoms with van der Waals surface area (Å²) in [4.78, 5) is 12.3. The number of allylic oxidation sites excluding steroid dienone is 1. The van der Waals surface area contributed by atoms with Gasteiger partial charge in [0.05, 0.1) is 19.9 Å². The second-order valence-electron chi connectivity index (χ2n) is 5.98. The molecular formula is C17H24N2O5S. The Kier molecular flexibility index (Phi) is 5.31. The Balaban J connectivity index is 2.80. The van der Waals surface area contributed by atoms with E-state index in [1.807, 2.05) is 0 Å². The molecule has 0 saturated carbocycles. The molecule has 0 bridgehead atoms. The highest BCUT2D eigenvalue weighted by molar-refractivity contribution is 7.97. The fourth-order valence-corrected chi connectivity index (χ4v) is 4.65. The lowest BCUT2D eigenvalue weighted by Crippen LogP contribution is -2.42. The number of methoxy groups -OCH3 is 2. The van der Waals surface area contributed by atoms with Crippen LogP contribution in [-0.4, -0.2) is 41.1 Å². The third-order valence-electron chi connectivity index (χ3n) is 3.98. The van der Waals surface area contributed by atoms with Crippen LogP contribution in [0.25, 0.3) is 5.57 Å². The monoisotopic (exact) mass is 368 g/mol. The number of hydrogen-bond donors (Lipinski definition) is 1. The molecule has 1 aromatic rings. The molecule has 0 fully saturated rings. The molecule has 138 valence electrons. The summed E-state index contributed by atoms with van der Waals surface area (Å²) < 4.78 is 37.9. The maximum atomic E-state index is 13.0. The van der Waals surface area contributed by atoms with Gasteiger partial charge in [0.25, 0.3) is 15.9 Å². The molecule has 0 aliphatic carbocycles. The minimum absolute atomic E-state index is 0.176. The van der Waals surface area contributed by atoms with E-state index in [0.29, 0.717) is 28.3 Å². The van der Waals surface area contributed by atoms with Gasteiger partial charge in [-0.3, -0.25) is 9.10 Å². The minimum Gasteiger partial charge on any atom is -0.493 e. The van der Waals surface area contributed by atoms with Crippen molar-refractivity contribution in [3.63, 3.8) is 0 Å². The average Bonchev–Trinajstić information content (AvgIpc) is 2.52. The topological polar surface area (TPSA) is 84.9 Å². The Hall–Kier alpha value is -2.22. The fourth-order valence-electron chi connectivity index (χ4n) is 2.89. The van der Waals surface area contributed by atoms with Crippen molar-refractivity contribution in [2.24, 2.45) is 0 Å². The first-order valence-corrected chi connectivity index (χ1v) is 9.43. The Morgan fingerprint density at radius 1 is 1.20 bits per heavy atom. The van der Waals surface area contributed by atoms with Crippen LogP contribution in [0.4, 0.5) is 5.69 Å². The first-order valence-electron chi connectivity index (χ1n) is 7.99. The predicted octanol–water partition coefficient (Wildman–Crippen LogP) is 2.13. The number of carbonyl (C=O) groups is 1. The zero-order valence-corrected chi connectivity index (χ0v) is 16.2. The molecule has 1 heterocycles. The molecular weight excluding hydrogens is 344 g/mol. The van der Waals surface area contributed by atoms with Gasteiger partial charge in [-0.15, -0.1) is 0 Å². The maximum Gasteiger partial charge on any atom is 0.270 e. The van der Waals surface area contributed by atoms with Crippen LogP contribution in [0.2, 0.25) is 0 Å². The molecule has 1 aliphatic rings. The number of carbonyl (C=O) groups excluding carboxylic acids is 1. The van der Waals surface area contributed by atoms with Gasteiger partial charge in [-0.1, -0.05) is 0 Å². The standard InChI is InChI=1S/C17H24N2O5S/c1-7-19-13-9-15(24-6)14(23-5)8-12(13)11(4)16(25(19,21)22)17(20)18-10(2)3/h8-10H,7H2,1-6H3,(H,18,20). The van der Waals surface area contributed by atoms with Crippen molar-refractivity contribution in [1.82, 2.24) is 5.32 Å². The Morgan fingerprint density at radius 3 is 2.24 bits per heavy atom. The van der Waals surface area contributed by atoms with Crippen molar-refractivity contribution < 1.29 is 22.7 Å². The predicted molar refractivity (Wildman–Crippen MR) is 97.4 cm³/mol. The van der Waals surface area contributed by atoms with Gasteiger partial charge in [0.2, 0.25) is 0 Å². The summed E-state index contributed by atoms with van der Waals surface area (Å²) in [5.41, 5.74) is 1.49. The molecule has 1 amide bonds. The third kappa shape index (κ3) is 3.18. The molecule has 8 heteroatoms. The summed E-state index contributed by atoms with van der Waals surface area (Å²) in [7, 11) is -0.967. The van der Waals surface area contributed by atoms with Gasteiger partial charge in [-0.05, 0) is 39.3 Å². The highest BCUT2D eigenvalue weighted by Gasteiger charge is 2.39. The summed E-state index contributed by atoms with van der Waals surface area (Å²) in [5.74, 6) is 0.295. The summed E-state index contributed by atoms with van der Waals surface area (Å²) in [6.45, 7) is 7.10. The number of hydrogen-bond acceptors (Lipinski definition) is 5. The van der Waals surface area contributed by atoms with Gasteiger partial charge < -0.3 is 14.8 Å². The number of amides is 1. The molecule has 1 aromatic carbocycles. The second-order valence-corrected chi connectivity index (χ2v) is 7.78. The third-order valence-corrected chi connectivity index (χ3v) is 6.02. The number of benzene rings is 1. The lowest BCUT2D eigenvalue weighted by atomic mass is 10.0. The van der Waals surface area contributed by atoms with E-state index in [9.17, 15) is 13.2 Å². The molecule has 2 rings (SSSR count). The summed E-state index contributed by atoms with van der Waals surface area (Å²) in [6, 6.07) is 3.14. The van der Waals surface area contributed by atoms with Crippen molar-refractivity contribution in [2.75, 3.05) is 25.1 Å². The summed E-state index contributed by atoms with van der Waals surface area (Å²) in [6.07, 6.45) is 0. The number of rotatable bonds is 5. The highest BCUT2D eigenvalue weighted by atomic mass is 32.2. The van der Waals surface area contributed by atoms with Gasteiger partial charge in [-0.25, -0.2) is 8.42 Å². The Morgan fingerprint density at radius 2 is 1.76 bits per heavy atom. The molecule has 1 aliphatic heterocycles. The molecule has 25 heavy (non-hydrogen) atoms. The van der Waals surface area contributed by atoms with E-state index in [0.717, 1.165) is 0 Å². The van der Waals surface area contributed by atoms with E-state index in [4.69, 9.17) is 9.47 Å². The van der Waals surface area contributed by atoms with Crippen molar-refractivity contribution in [3.8, 4) is 11.5 Å². The van der Waals surface area contributed by atoms with Crippen molar-refractivity contribution in [1.29, 1.82) is 0 Å². The molecule has 0 radical (unpaired) electrons.